The van der Waals surface area contributed by atoms with Crippen LogP contribution in [-0.4, -0.2) is 27.7 Å². The zero-order valence-corrected chi connectivity index (χ0v) is 14.3. The molecule has 2 aromatic rings. The molecule has 0 aliphatic carbocycles. The minimum absolute atomic E-state index is 0.224. The Balaban J connectivity index is 2.31. The van der Waals surface area contributed by atoms with Crippen LogP contribution in [0.25, 0.3) is 0 Å². The van der Waals surface area contributed by atoms with Crippen LogP contribution in [-0.2, 0) is 16.3 Å². The number of hydrogen-bond donors (Lipinski definition) is 1. The Hall–Kier alpha value is -2.34. The van der Waals surface area contributed by atoms with Crippen molar-refractivity contribution in [1.82, 2.24) is 0 Å². The number of sulfone groups is 1. The van der Waals surface area contributed by atoms with Crippen LogP contribution in [0.2, 0.25) is 0 Å². The standard InChI is InChI=1S/C17H21N3O2S/c1-4-13-7-5-9-15(11-13)20(2)17(18)19-14-8-6-10-16(12-14)23(3,21)22/h5-12H,4H2,1-3H3,(H2,18,19). The topological polar surface area (TPSA) is 75.8 Å². The molecule has 0 saturated carbocycles. The Labute approximate surface area is 137 Å². The second-order valence-electron chi connectivity index (χ2n) is 5.32. The van der Waals surface area contributed by atoms with Gasteiger partial charge >= 0.3 is 0 Å². The van der Waals surface area contributed by atoms with Gasteiger partial charge in [0.25, 0.3) is 0 Å². The highest BCUT2D eigenvalue weighted by atomic mass is 32.2. The van der Waals surface area contributed by atoms with E-state index in [0.29, 0.717) is 11.6 Å². The van der Waals surface area contributed by atoms with Crippen molar-refractivity contribution in [2.45, 2.75) is 18.2 Å². The minimum Gasteiger partial charge on any atom is -0.369 e. The fourth-order valence-corrected chi connectivity index (χ4v) is 2.77. The SMILES string of the molecule is CCc1cccc(N(C)C(N)=Nc2cccc(S(C)(=O)=O)c2)c1. The summed E-state index contributed by atoms with van der Waals surface area (Å²) in [6.07, 6.45) is 2.11. The van der Waals surface area contributed by atoms with Crippen molar-refractivity contribution >= 4 is 27.2 Å². The second kappa shape index (κ2) is 6.83. The summed E-state index contributed by atoms with van der Waals surface area (Å²) in [4.78, 5) is 6.32. The lowest BCUT2D eigenvalue weighted by atomic mass is 10.1. The average Bonchev–Trinajstić information content (AvgIpc) is 2.53. The molecule has 5 nitrogen and oxygen atoms in total. The molecule has 0 radical (unpaired) electrons. The van der Waals surface area contributed by atoms with E-state index in [9.17, 15) is 8.42 Å². The Morgan fingerprint density at radius 1 is 1.17 bits per heavy atom. The van der Waals surface area contributed by atoms with E-state index in [0.717, 1.165) is 12.1 Å². The predicted molar refractivity (Wildman–Crippen MR) is 95.1 cm³/mol. The maximum absolute atomic E-state index is 11.6. The van der Waals surface area contributed by atoms with Gasteiger partial charge in [-0.1, -0.05) is 25.1 Å². The molecule has 0 amide bonds. The first-order valence-electron chi connectivity index (χ1n) is 7.28. The third kappa shape index (κ3) is 4.32. The van der Waals surface area contributed by atoms with Crippen LogP contribution in [0.3, 0.4) is 0 Å². The van der Waals surface area contributed by atoms with Gasteiger partial charge in [0.2, 0.25) is 5.96 Å². The van der Waals surface area contributed by atoms with E-state index in [1.54, 1.807) is 23.1 Å². The van der Waals surface area contributed by atoms with Crippen molar-refractivity contribution in [3.63, 3.8) is 0 Å². The van der Waals surface area contributed by atoms with Crippen molar-refractivity contribution in [2.24, 2.45) is 10.7 Å². The van der Waals surface area contributed by atoms with Gasteiger partial charge in [-0.15, -0.1) is 0 Å². The largest absolute Gasteiger partial charge is 0.369 e. The van der Waals surface area contributed by atoms with Crippen LogP contribution >= 0.6 is 0 Å². The zero-order chi connectivity index (χ0) is 17.0. The highest BCUT2D eigenvalue weighted by molar-refractivity contribution is 7.90. The molecule has 0 aliphatic rings. The molecular weight excluding hydrogens is 310 g/mol. The van der Waals surface area contributed by atoms with E-state index in [-0.39, 0.29) is 4.90 Å². The minimum atomic E-state index is -3.27. The molecule has 0 fully saturated rings. The fraction of sp³-hybridized carbons (Fsp3) is 0.235. The summed E-state index contributed by atoms with van der Waals surface area (Å²) in [5.41, 5.74) is 8.71. The van der Waals surface area contributed by atoms with E-state index in [1.165, 1.54) is 17.9 Å². The summed E-state index contributed by atoms with van der Waals surface area (Å²) in [6.45, 7) is 2.09. The van der Waals surface area contributed by atoms with Crippen molar-refractivity contribution in [1.29, 1.82) is 0 Å². The molecule has 23 heavy (non-hydrogen) atoms. The highest BCUT2D eigenvalue weighted by Crippen LogP contribution is 2.20. The van der Waals surface area contributed by atoms with E-state index in [1.807, 2.05) is 19.2 Å². The molecule has 2 N–H and O–H groups in total. The molecule has 2 rings (SSSR count). The number of anilines is 1. The summed E-state index contributed by atoms with van der Waals surface area (Å²) >= 11 is 0. The summed E-state index contributed by atoms with van der Waals surface area (Å²) in [5.74, 6) is 0.295. The van der Waals surface area contributed by atoms with Crippen molar-refractivity contribution in [3.05, 3.63) is 54.1 Å². The maximum atomic E-state index is 11.6. The maximum Gasteiger partial charge on any atom is 0.200 e. The molecule has 0 atom stereocenters. The van der Waals surface area contributed by atoms with Crippen LogP contribution in [0.4, 0.5) is 11.4 Å². The average molecular weight is 331 g/mol. The number of aliphatic imine (C=N–C) groups is 1. The Kier molecular flexibility index (Phi) is 5.05. The molecule has 0 bridgehead atoms. The zero-order valence-electron chi connectivity index (χ0n) is 13.5. The van der Waals surface area contributed by atoms with Gasteiger partial charge in [-0.05, 0) is 42.3 Å². The Bertz CT molecular complexity index is 829. The van der Waals surface area contributed by atoms with Gasteiger partial charge in [-0.25, -0.2) is 13.4 Å². The number of nitrogens with zero attached hydrogens (tertiary/aromatic N) is 2. The van der Waals surface area contributed by atoms with Crippen molar-refractivity contribution in [3.8, 4) is 0 Å². The highest BCUT2D eigenvalue weighted by Gasteiger charge is 2.09. The molecule has 0 heterocycles. The molecule has 0 unspecified atom stereocenters. The molecule has 0 spiro atoms. The number of nitrogens with two attached hydrogens (primary N) is 1. The lowest BCUT2D eigenvalue weighted by molar-refractivity contribution is 0.602. The monoisotopic (exact) mass is 331 g/mol. The van der Waals surface area contributed by atoms with Gasteiger partial charge in [0, 0.05) is 19.0 Å². The van der Waals surface area contributed by atoms with Crippen LogP contribution in [0.15, 0.2) is 58.4 Å². The third-order valence-corrected chi connectivity index (χ3v) is 4.65. The smallest absolute Gasteiger partial charge is 0.200 e. The number of benzene rings is 2. The number of rotatable bonds is 4. The summed E-state index contributed by atoms with van der Waals surface area (Å²) in [6, 6.07) is 14.5. The molecular formula is C17H21N3O2S. The number of guanidine groups is 1. The quantitative estimate of drug-likeness (QED) is 0.690. The molecule has 0 aliphatic heterocycles. The van der Waals surface area contributed by atoms with E-state index < -0.39 is 9.84 Å². The van der Waals surface area contributed by atoms with Crippen molar-refractivity contribution < 1.29 is 8.42 Å². The van der Waals surface area contributed by atoms with Gasteiger partial charge in [-0.3, -0.25) is 0 Å². The summed E-state index contributed by atoms with van der Waals surface area (Å²) in [5, 5.41) is 0. The van der Waals surface area contributed by atoms with Gasteiger partial charge < -0.3 is 10.6 Å². The molecule has 6 heteroatoms. The number of aryl methyl sites for hydroxylation is 1. The van der Waals surface area contributed by atoms with Gasteiger partial charge in [0.05, 0.1) is 10.6 Å². The Morgan fingerprint density at radius 3 is 2.52 bits per heavy atom. The van der Waals surface area contributed by atoms with E-state index in [4.69, 9.17) is 5.73 Å². The third-order valence-electron chi connectivity index (χ3n) is 3.54. The first kappa shape index (κ1) is 17.0. The first-order valence-corrected chi connectivity index (χ1v) is 9.17. The lowest BCUT2D eigenvalue weighted by Crippen LogP contribution is -2.33. The van der Waals surface area contributed by atoms with Gasteiger partial charge in [-0.2, -0.15) is 0 Å². The lowest BCUT2D eigenvalue weighted by Gasteiger charge is -2.19. The van der Waals surface area contributed by atoms with Crippen LogP contribution in [0.5, 0.6) is 0 Å². The van der Waals surface area contributed by atoms with E-state index in [2.05, 4.69) is 24.0 Å². The van der Waals surface area contributed by atoms with Crippen LogP contribution in [0, 0.1) is 0 Å². The molecule has 0 saturated heterocycles. The van der Waals surface area contributed by atoms with E-state index >= 15 is 0 Å². The fourth-order valence-electron chi connectivity index (χ4n) is 2.11. The Morgan fingerprint density at radius 2 is 1.87 bits per heavy atom. The molecule has 2 aromatic carbocycles. The molecule has 122 valence electrons. The van der Waals surface area contributed by atoms with Gasteiger partial charge in [0.15, 0.2) is 9.84 Å². The van der Waals surface area contributed by atoms with Crippen LogP contribution in [0.1, 0.15) is 12.5 Å². The molecule has 0 aromatic heterocycles. The predicted octanol–water partition coefficient (Wildman–Crippen LogP) is 2.74. The summed E-state index contributed by atoms with van der Waals surface area (Å²) in [7, 11) is -1.44. The van der Waals surface area contributed by atoms with Gasteiger partial charge in [0.1, 0.15) is 0 Å². The van der Waals surface area contributed by atoms with Crippen LogP contribution < -0.4 is 10.6 Å². The summed E-state index contributed by atoms with van der Waals surface area (Å²) < 4.78 is 23.2. The number of hydrogen-bond acceptors (Lipinski definition) is 3. The normalized spacial score (nSPS) is 12.2. The first-order chi connectivity index (χ1) is 10.8. The van der Waals surface area contributed by atoms with Crippen molar-refractivity contribution in [2.75, 3.05) is 18.2 Å². The second-order valence-corrected chi connectivity index (χ2v) is 7.34.